The van der Waals surface area contributed by atoms with Crippen LogP contribution >= 0.6 is 12.6 Å². The van der Waals surface area contributed by atoms with Crippen molar-refractivity contribution < 1.29 is 0 Å². The third-order valence-corrected chi connectivity index (χ3v) is 1.60. The average Bonchev–Trinajstić information content (AvgIpc) is 2.21. The standard InChI is InChI=1S/C10H18S.2C2H6/c1-5-6-9(2)7-8-10(3,4)11;2*1-2/h5,7,11H,1,6,8H2,2-4H3;2*1-2H3/b9-7-;;. The topological polar surface area (TPSA) is 0 Å². The summed E-state index contributed by atoms with van der Waals surface area (Å²) in [5, 5.41) is 0. The second-order valence-electron chi connectivity index (χ2n) is 3.56. The van der Waals surface area contributed by atoms with Gasteiger partial charge in [-0.2, -0.15) is 12.6 Å². The maximum atomic E-state index is 4.43. The van der Waals surface area contributed by atoms with Crippen LogP contribution in [0.3, 0.4) is 0 Å². The highest BCUT2D eigenvalue weighted by atomic mass is 32.1. The van der Waals surface area contributed by atoms with Gasteiger partial charge in [0.15, 0.2) is 0 Å². The van der Waals surface area contributed by atoms with E-state index in [9.17, 15) is 0 Å². The predicted molar refractivity (Wildman–Crippen MR) is 78.9 cm³/mol. The van der Waals surface area contributed by atoms with E-state index in [2.05, 4.69) is 46.1 Å². The molecule has 0 radical (unpaired) electrons. The maximum absolute atomic E-state index is 4.43. The van der Waals surface area contributed by atoms with Crippen LogP contribution in [-0.2, 0) is 0 Å². The van der Waals surface area contributed by atoms with Crippen LogP contribution in [0.15, 0.2) is 24.3 Å². The fourth-order valence-electron chi connectivity index (χ4n) is 0.735. The molecule has 0 aromatic rings. The van der Waals surface area contributed by atoms with E-state index in [1.54, 1.807) is 0 Å². The van der Waals surface area contributed by atoms with E-state index < -0.39 is 0 Å². The summed E-state index contributed by atoms with van der Waals surface area (Å²) in [6.07, 6.45) is 6.17. The molecule has 0 nitrogen and oxygen atoms in total. The largest absolute Gasteiger partial charge is 0.173 e. The Morgan fingerprint density at radius 1 is 1.20 bits per heavy atom. The zero-order valence-electron chi connectivity index (χ0n) is 11.7. The molecular formula is C14H30S. The molecule has 92 valence electrons. The van der Waals surface area contributed by atoms with Gasteiger partial charge in [0.25, 0.3) is 0 Å². The minimum atomic E-state index is 0.114. The fraction of sp³-hybridized carbons (Fsp3) is 0.714. The molecule has 0 N–H and O–H groups in total. The highest BCUT2D eigenvalue weighted by Crippen LogP contribution is 2.18. The number of hydrogen-bond donors (Lipinski definition) is 1. The molecule has 0 aromatic carbocycles. The second-order valence-corrected chi connectivity index (χ2v) is 4.77. The molecule has 15 heavy (non-hydrogen) atoms. The molecule has 0 amide bonds. The van der Waals surface area contributed by atoms with E-state index in [4.69, 9.17) is 0 Å². The zero-order valence-corrected chi connectivity index (χ0v) is 12.6. The van der Waals surface area contributed by atoms with Crippen molar-refractivity contribution in [3.63, 3.8) is 0 Å². The molecular weight excluding hydrogens is 200 g/mol. The first kappa shape index (κ1) is 20.3. The van der Waals surface area contributed by atoms with Gasteiger partial charge in [-0.1, -0.05) is 59.3 Å². The minimum absolute atomic E-state index is 0.114. The van der Waals surface area contributed by atoms with E-state index in [1.165, 1.54) is 5.57 Å². The number of hydrogen-bond acceptors (Lipinski definition) is 1. The van der Waals surface area contributed by atoms with Gasteiger partial charge in [0.1, 0.15) is 0 Å². The summed E-state index contributed by atoms with van der Waals surface area (Å²) in [6.45, 7) is 18.0. The lowest BCUT2D eigenvalue weighted by Gasteiger charge is -2.14. The molecule has 0 aliphatic heterocycles. The van der Waals surface area contributed by atoms with E-state index >= 15 is 0 Å². The van der Waals surface area contributed by atoms with Gasteiger partial charge < -0.3 is 0 Å². The van der Waals surface area contributed by atoms with Crippen LogP contribution < -0.4 is 0 Å². The van der Waals surface area contributed by atoms with Crippen LogP contribution in [0, 0.1) is 0 Å². The van der Waals surface area contributed by atoms with Crippen molar-refractivity contribution in [1.82, 2.24) is 0 Å². The summed E-state index contributed by atoms with van der Waals surface area (Å²) in [5.74, 6) is 0. The fourth-order valence-corrected chi connectivity index (χ4v) is 0.826. The molecule has 0 heterocycles. The van der Waals surface area contributed by atoms with E-state index in [1.807, 2.05) is 33.8 Å². The van der Waals surface area contributed by atoms with Crippen molar-refractivity contribution in [2.75, 3.05) is 0 Å². The molecule has 0 unspecified atom stereocenters. The summed E-state index contributed by atoms with van der Waals surface area (Å²) in [6, 6.07) is 0. The predicted octanol–water partition coefficient (Wildman–Crippen LogP) is 5.66. The van der Waals surface area contributed by atoms with Gasteiger partial charge in [0, 0.05) is 4.75 Å². The quantitative estimate of drug-likeness (QED) is 0.467. The molecule has 0 aliphatic carbocycles. The van der Waals surface area contributed by atoms with Crippen molar-refractivity contribution >= 4 is 12.6 Å². The van der Waals surface area contributed by atoms with Crippen molar-refractivity contribution in [2.45, 2.75) is 66.1 Å². The molecule has 0 saturated heterocycles. The third kappa shape index (κ3) is 24.8. The van der Waals surface area contributed by atoms with E-state index in [-0.39, 0.29) is 4.75 Å². The summed E-state index contributed by atoms with van der Waals surface area (Å²) < 4.78 is 0.114. The van der Waals surface area contributed by atoms with Crippen LogP contribution in [0.1, 0.15) is 61.3 Å². The van der Waals surface area contributed by atoms with Crippen molar-refractivity contribution in [1.29, 1.82) is 0 Å². The van der Waals surface area contributed by atoms with Crippen LogP contribution in [0.4, 0.5) is 0 Å². The number of rotatable bonds is 4. The van der Waals surface area contributed by atoms with Gasteiger partial charge in [-0.15, -0.1) is 6.58 Å². The van der Waals surface area contributed by atoms with Gasteiger partial charge in [-0.25, -0.2) is 0 Å². The Morgan fingerprint density at radius 3 is 1.87 bits per heavy atom. The summed E-state index contributed by atoms with van der Waals surface area (Å²) in [5.41, 5.74) is 1.38. The summed E-state index contributed by atoms with van der Waals surface area (Å²) >= 11 is 4.43. The lowest BCUT2D eigenvalue weighted by Crippen LogP contribution is -2.07. The first-order valence-electron chi connectivity index (χ1n) is 5.94. The molecule has 0 spiro atoms. The Labute approximate surface area is 103 Å². The lowest BCUT2D eigenvalue weighted by molar-refractivity contribution is 0.729. The lowest BCUT2D eigenvalue weighted by atomic mass is 10.1. The Kier molecular flexibility index (Phi) is 18.7. The van der Waals surface area contributed by atoms with Crippen LogP contribution in [0.25, 0.3) is 0 Å². The molecule has 0 fully saturated rings. The smallest absolute Gasteiger partial charge is 0.0108 e. The average molecular weight is 230 g/mol. The van der Waals surface area contributed by atoms with Crippen LogP contribution in [0.5, 0.6) is 0 Å². The molecule has 1 heteroatoms. The highest BCUT2D eigenvalue weighted by Gasteiger charge is 2.07. The molecule has 0 rings (SSSR count). The molecule has 0 bridgehead atoms. The highest BCUT2D eigenvalue weighted by molar-refractivity contribution is 7.81. The Bertz CT molecular complexity index is 149. The normalized spacial score (nSPS) is 10.5. The van der Waals surface area contributed by atoms with Gasteiger partial charge in [-0.05, 0) is 19.8 Å². The third-order valence-electron chi connectivity index (χ3n) is 1.42. The Morgan fingerprint density at radius 2 is 1.60 bits per heavy atom. The van der Waals surface area contributed by atoms with Crippen molar-refractivity contribution in [3.05, 3.63) is 24.3 Å². The zero-order chi connectivity index (χ0) is 12.9. The van der Waals surface area contributed by atoms with E-state index in [0.717, 1.165) is 12.8 Å². The van der Waals surface area contributed by atoms with Crippen molar-refractivity contribution in [3.8, 4) is 0 Å². The van der Waals surface area contributed by atoms with Crippen LogP contribution in [-0.4, -0.2) is 4.75 Å². The monoisotopic (exact) mass is 230 g/mol. The second kappa shape index (κ2) is 13.8. The number of thiol groups is 1. The summed E-state index contributed by atoms with van der Waals surface area (Å²) in [7, 11) is 0. The van der Waals surface area contributed by atoms with Gasteiger partial charge in [-0.3, -0.25) is 0 Å². The SMILES string of the molecule is C=CC/C(C)=C\CC(C)(C)S.CC.CC. The van der Waals surface area contributed by atoms with E-state index in [0.29, 0.717) is 0 Å². The van der Waals surface area contributed by atoms with Crippen molar-refractivity contribution in [2.24, 2.45) is 0 Å². The van der Waals surface area contributed by atoms with Gasteiger partial charge >= 0.3 is 0 Å². The molecule has 0 aliphatic rings. The van der Waals surface area contributed by atoms with Gasteiger partial charge in [0.05, 0.1) is 0 Å². The Balaban J connectivity index is -0.000000318. The molecule has 0 aromatic heterocycles. The van der Waals surface area contributed by atoms with Gasteiger partial charge in [0.2, 0.25) is 0 Å². The molecule has 0 saturated carbocycles. The number of allylic oxidation sites excluding steroid dienone is 3. The maximum Gasteiger partial charge on any atom is 0.0108 e. The molecule has 0 atom stereocenters. The summed E-state index contributed by atoms with van der Waals surface area (Å²) in [4.78, 5) is 0. The first-order chi connectivity index (χ1) is 6.95. The minimum Gasteiger partial charge on any atom is -0.173 e. The Hall–Kier alpha value is -0.170. The van der Waals surface area contributed by atoms with Crippen LogP contribution in [0.2, 0.25) is 0 Å². The first-order valence-corrected chi connectivity index (χ1v) is 6.39.